The van der Waals surface area contributed by atoms with E-state index >= 15 is 0 Å². The molecule has 1 aromatic carbocycles. The quantitative estimate of drug-likeness (QED) is 0.545. The minimum atomic E-state index is -0.519. The van der Waals surface area contributed by atoms with Crippen LogP contribution in [0, 0.1) is 0 Å². The number of rotatable bonds is 7. The molecule has 1 aliphatic heterocycles. The van der Waals surface area contributed by atoms with Crippen LogP contribution in [-0.4, -0.2) is 45.8 Å². The zero-order chi connectivity index (χ0) is 19.8. The first kappa shape index (κ1) is 19.9. The highest BCUT2D eigenvalue weighted by Gasteiger charge is 2.25. The van der Waals surface area contributed by atoms with E-state index in [0.29, 0.717) is 6.54 Å². The second kappa shape index (κ2) is 9.88. The summed E-state index contributed by atoms with van der Waals surface area (Å²) in [6.07, 6.45) is 10.7. The van der Waals surface area contributed by atoms with Gasteiger partial charge in [-0.05, 0) is 37.3 Å². The Labute approximate surface area is 165 Å². The number of likely N-dealkylation sites (tertiary alicyclic amines) is 1. The molecular formula is C22H27N3O3. The van der Waals surface area contributed by atoms with Gasteiger partial charge in [0, 0.05) is 30.4 Å². The Morgan fingerprint density at radius 3 is 2.86 bits per heavy atom. The molecule has 0 aliphatic carbocycles. The molecular weight excluding hydrogens is 354 g/mol. The number of aromatic nitrogens is 2. The molecule has 1 atom stereocenters. The van der Waals surface area contributed by atoms with E-state index in [0.717, 1.165) is 43.4 Å². The molecule has 148 valence electrons. The highest BCUT2D eigenvalue weighted by molar-refractivity contribution is 5.89. The fraction of sp³-hybridized carbons (Fsp3) is 0.409. The van der Waals surface area contributed by atoms with Gasteiger partial charge in [-0.2, -0.15) is 5.10 Å². The van der Waals surface area contributed by atoms with Gasteiger partial charge in [0.25, 0.3) is 5.91 Å². The van der Waals surface area contributed by atoms with Crippen molar-refractivity contribution in [3.05, 3.63) is 59.9 Å². The Morgan fingerprint density at radius 1 is 1.25 bits per heavy atom. The van der Waals surface area contributed by atoms with Crippen LogP contribution >= 0.6 is 0 Å². The van der Waals surface area contributed by atoms with Crippen molar-refractivity contribution in [1.29, 1.82) is 0 Å². The normalized spacial score (nSPS) is 17.0. The second-order valence-corrected chi connectivity index (χ2v) is 7.04. The highest BCUT2D eigenvalue weighted by Crippen LogP contribution is 2.19. The Balaban J connectivity index is 1.47. The molecule has 6 nitrogen and oxygen atoms in total. The lowest BCUT2D eigenvalue weighted by Crippen LogP contribution is -2.45. The SMILES string of the molecule is CC[C@@H]1CCCCN1C(=O)COC(=O)/C=C/c1cnn(Cc2ccccc2)c1. The topological polar surface area (TPSA) is 64.4 Å². The molecule has 1 amide bonds. The van der Waals surface area contributed by atoms with E-state index in [-0.39, 0.29) is 18.6 Å². The van der Waals surface area contributed by atoms with E-state index in [1.807, 2.05) is 46.1 Å². The molecule has 1 fully saturated rings. The van der Waals surface area contributed by atoms with Crippen LogP contribution in [0.2, 0.25) is 0 Å². The van der Waals surface area contributed by atoms with Gasteiger partial charge in [-0.15, -0.1) is 0 Å². The van der Waals surface area contributed by atoms with Gasteiger partial charge < -0.3 is 9.64 Å². The molecule has 0 radical (unpaired) electrons. The monoisotopic (exact) mass is 381 g/mol. The Bertz CT molecular complexity index is 813. The minimum absolute atomic E-state index is 0.107. The number of carbonyl (C=O) groups is 2. The van der Waals surface area contributed by atoms with Crippen molar-refractivity contribution >= 4 is 18.0 Å². The van der Waals surface area contributed by atoms with Crippen LogP contribution < -0.4 is 0 Å². The van der Waals surface area contributed by atoms with Crippen molar-refractivity contribution < 1.29 is 14.3 Å². The molecule has 0 N–H and O–H groups in total. The van der Waals surface area contributed by atoms with Crippen molar-refractivity contribution in [2.75, 3.05) is 13.2 Å². The van der Waals surface area contributed by atoms with Gasteiger partial charge in [0.15, 0.2) is 6.61 Å². The molecule has 3 rings (SSSR count). The number of carbonyl (C=O) groups excluding carboxylic acids is 2. The Hall–Kier alpha value is -2.89. The lowest BCUT2D eigenvalue weighted by atomic mass is 10.00. The summed E-state index contributed by atoms with van der Waals surface area (Å²) in [6, 6.07) is 10.3. The van der Waals surface area contributed by atoms with Crippen molar-refractivity contribution in [3.63, 3.8) is 0 Å². The molecule has 0 saturated carbocycles. The maximum Gasteiger partial charge on any atom is 0.331 e. The van der Waals surface area contributed by atoms with Gasteiger partial charge in [0.05, 0.1) is 12.7 Å². The second-order valence-electron chi connectivity index (χ2n) is 7.04. The standard InChI is InChI=1S/C22H27N3O3/c1-2-20-10-6-7-13-25(20)21(26)17-28-22(27)12-11-19-14-23-24(16-19)15-18-8-4-3-5-9-18/h3-5,8-9,11-12,14,16,20H,2,6-7,10,13,15,17H2,1H3/b12-11+/t20-/m1/s1. The molecule has 1 saturated heterocycles. The number of esters is 1. The average molecular weight is 381 g/mol. The highest BCUT2D eigenvalue weighted by atomic mass is 16.5. The van der Waals surface area contributed by atoms with E-state index < -0.39 is 5.97 Å². The van der Waals surface area contributed by atoms with Crippen LogP contribution in [-0.2, 0) is 20.9 Å². The zero-order valence-corrected chi connectivity index (χ0v) is 16.3. The first-order chi connectivity index (χ1) is 13.7. The van der Waals surface area contributed by atoms with E-state index in [1.165, 1.54) is 6.08 Å². The summed E-state index contributed by atoms with van der Waals surface area (Å²) in [5.74, 6) is -0.627. The summed E-state index contributed by atoms with van der Waals surface area (Å²) in [4.78, 5) is 26.1. The summed E-state index contributed by atoms with van der Waals surface area (Å²) in [5.41, 5.74) is 1.96. The third-order valence-corrected chi connectivity index (χ3v) is 5.01. The van der Waals surface area contributed by atoms with Gasteiger partial charge in [-0.25, -0.2) is 4.79 Å². The van der Waals surface area contributed by atoms with E-state index in [1.54, 1.807) is 12.3 Å². The number of benzene rings is 1. The van der Waals surface area contributed by atoms with Crippen LogP contribution in [0.3, 0.4) is 0 Å². The predicted octanol–water partition coefficient (Wildman–Crippen LogP) is 3.28. The van der Waals surface area contributed by atoms with Crippen LogP contribution in [0.15, 0.2) is 48.8 Å². The third-order valence-electron chi connectivity index (χ3n) is 5.01. The van der Waals surface area contributed by atoms with Crippen LogP contribution in [0.1, 0.15) is 43.7 Å². The van der Waals surface area contributed by atoms with Crippen LogP contribution in [0.4, 0.5) is 0 Å². The number of nitrogens with zero attached hydrogens (tertiary/aromatic N) is 3. The summed E-state index contributed by atoms with van der Waals surface area (Å²) in [7, 11) is 0. The minimum Gasteiger partial charge on any atom is -0.452 e. The maximum atomic E-state index is 12.3. The van der Waals surface area contributed by atoms with Gasteiger partial charge >= 0.3 is 5.97 Å². The molecule has 0 bridgehead atoms. The van der Waals surface area contributed by atoms with Gasteiger partial charge in [0.2, 0.25) is 0 Å². The number of piperidine rings is 1. The molecule has 1 aliphatic rings. The summed E-state index contributed by atoms with van der Waals surface area (Å²) < 4.78 is 6.94. The van der Waals surface area contributed by atoms with Crippen LogP contribution in [0.5, 0.6) is 0 Å². The molecule has 6 heteroatoms. The van der Waals surface area contributed by atoms with Gasteiger partial charge in [0.1, 0.15) is 0 Å². The van der Waals surface area contributed by atoms with Crippen molar-refractivity contribution in [3.8, 4) is 0 Å². The molecule has 1 aromatic heterocycles. The van der Waals surface area contributed by atoms with E-state index in [9.17, 15) is 9.59 Å². The van der Waals surface area contributed by atoms with Crippen molar-refractivity contribution in [2.24, 2.45) is 0 Å². The van der Waals surface area contributed by atoms with Crippen molar-refractivity contribution in [2.45, 2.75) is 45.2 Å². The third kappa shape index (κ3) is 5.55. The lowest BCUT2D eigenvalue weighted by molar-refractivity contribution is -0.150. The number of hydrogen-bond acceptors (Lipinski definition) is 4. The molecule has 2 heterocycles. The zero-order valence-electron chi connectivity index (χ0n) is 16.3. The fourth-order valence-corrected chi connectivity index (χ4v) is 3.50. The molecule has 2 aromatic rings. The first-order valence-corrected chi connectivity index (χ1v) is 9.86. The number of ether oxygens (including phenoxy) is 1. The molecule has 0 unspecified atom stereocenters. The number of hydrogen-bond donors (Lipinski definition) is 0. The Kier molecular flexibility index (Phi) is 7.00. The number of amides is 1. The molecule has 28 heavy (non-hydrogen) atoms. The first-order valence-electron chi connectivity index (χ1n) is 9.86. The van der Waals surface area contributed by atoms with Gasteiger partial charge in [-0.1, -0.05) is 37.3 Å². The predicted molar refractivity (Wildman–Crippen MR) is 107 cm³/mol. The van der Waals surface area contributed by atoms with Crippen LogP contribution in [0.25, 0.3) is 6.08 Å². The lowest BCUT2D eigenvalue weighted by Gasteiger charge is -2.35. The smallest absolute Gasteiger partial charge is 0.331 e. The summed E-state index contributed by atoms with van der Waals surface area (Å²) in [6.45, 7) is 3.31. The Morgan fingerprint density at radius 2 is 2.07 bits per heavy atom. The summed E-state index contributed by atoms with van der Waals surface area (Å²) in [5, 5.41) is 4.30. The summed E-state index contributed by atoms with van der Waals surface area (Å²) >= 11 is 0. The van der Waals surface area contributed by atoms with E-state index in [2.05, 4.69) is 12.0 Å². The fourth-order valence-electron chi connectivity index (χ4n) is 3.50. The van der Waals surface area contributed by atoms with Gasteiger partial charge in [-0.3, -0.25) is 9.48 Å². The maximum absolute atomic E-state index is 12.3. The largest absolute Gasteiger partial charge is 0.452 e. The average Bonchev–Trinajstić information content (AvgIpc) is 3.18. The van der Waals surface area contributed by atoms with Crippen molar-refractivity contribution in [1.82, 2.24) is 14.7 Å². The molecule has 0 spiro atoms. The van der Waals surface area contributed by atoms with E-state index in [4.69, 9.17) is 4.74 Å².